The van der Waals surface area contributed by atoms with E-state index in [1.165, 1.54) is 70.3 Å². The van der Waals surface area contributed by atoms with Crippen LogP contribution in [0.2, 0.25) is 0 Å². The van der Waals surface area contributed by atoms with Crippen molar-refractivity contribution in [1.82, 2.24) is 59.5 Å². The van der Waals surface area contributed by atoms with E-state index in [0.29, 0.717) is 59.3 Å². The van der Waals surface area contributed by atoms with Gasteiger partial charge >= 0.3 is 12.2 Å². The van der Waals surface area contributed by atoms with E-state index >= 15 is 0 Å². The van der Waals surface area contributed by atoms with Crippen molar-refractivity contribution in [1.29, 1.82) is 0 Å². The number of benzene rings is 2. The highest BCUT2D eigenvalue weighted by atomic mass is 127. The Labute approximate surface area is 498 Å². The summed E-state index contributed by atoms with van der Waals surface area (Å²) in [5.74, 6) is 8.86. The number of rotatable bonds is 10. The number of likely N-dealkylation sites (tertiary alicyclic amines) is 2. The van der Waals surface area contributed by atoms with Crippen LogP contribution in [0.3, 0.4) is 0 Å². The van der Waals surface area contributed by atoms with Gasteiger partial charge in [-0.25, -0.2) is 48.3 Å². The summed E-state index contributed by atoms with van der Waals surface area (Å²) in [4.78, 5) is 77.6. The second kappa shape index (κ2) is 26.6. The number of piperidine rings is 2. The van der Waals surface area contributed by atoms with Gasteiger partial charge in [0.25, 0.3) is 11.8 Å². The minimum absolute atomic E-state index is 0.0733. The predicted octanol–water partition coefficient (Wildman–Crippen LogP) is 3.07. The molecule has 448 valence electrons. The van der Waals surface area contributed by atoms with E-state index in [1.54, 1.807) is 9.80 Å². The monoisotopic (exact) mass is 1290 g/mol. The predicted molar refractivity (Wildman–Crippen MR) is 305 cm³/mol. The molecule has 2 aromatic carbocycles. The quantitative estimate of drug-likeness (QED) is 0.0555. The lowest BCUT2D eigenvalue weighted by Crippen LogP contribution is -2.43. The highest BCUT2D eigenvalue weighted by molar-refractivity contribution is 14.1. The van der Waals surface area contributed by atoms with E-state index in [0.717, 1.165) is 57.8 Å². The number of fused-ring (bicyclic) bond motifs is 2. The van der Waals surface area contributed by atoms with Crippen molar-refractivity contribution in [2.24, 2.45) is 11.8 Å². The Morgan fingerprint density at radius 2 is 1.05 bits per heavy atom. The normalized spacial score (nSPS) is 24.0. The average molecular weight is 1290 g/mol. The number of hydrogen-bond donors (Lipinski definition) is 8. The van der Waals surface area contributed by atoms with Crippen LogP contribution in [-0.4, -0.2) is 168 Å². The van der Waals surface area contributed by atoms with Crippen LogP contribution in [0.25, 0.3) is 22.3 Å². The standard InChI is InChI=1S/C28H30FN7O6.C15H16FNO2.C13H15IN6O4/c29-16-4-8-18(9-5-16)41-28(40)35-12-10-15(11-13-35)2-1-3-19-33-24(30)20-25(34-19)36(14-31-20)27-22(38)21(37)23(42-27)26(39)32-17-6-7-17;1-2-3-12-8-10-17(11-9-12)15(18)19-14-6-4-13(16)5-7-14;14-13-18-9(15)5-10(19-13)20(3-16-5)12-7(22)6(21)8(24-12)11(23)17-4-1-2-4/h4-5,8-9,14-15,17,21-23,27,37-38H,2,6-7,10-13H2,(H,32,39)(H2,30,33,34);1,4-7,12H,3,8-11H2;3-4,6-8,12,21-22H,1-2H2,(H,17,23)(H2,15,18,19)/t21?,22-,23-,27+;;6?,7-,8-,12+/m0.0/s1. The second-order valence-corrected chi connectivity index (χ2v) is 22.3. The van der Waals surface area contributed by atoms with Crippen molar-refractivity contribution in [3.05, 3.63) is 82.5 Å². The van der Waals surface area contributed by atoms with Crippen LogP contribution < -0.4 is 31.6 Å². The first kappa shape index (κ1) is 60.2. The molecule has 0 bridgehead atoms. The number of aliphatic hydroxyl groups is 4. The molecule has 12 rings (SSSR count). The molecule has 4 saturated heterocycles. The highest BCUT2D eigenvalue weighted by Crippen LogP contribution is 2.35. The van der Waals surface area contributed by atoms with Crippen LogP contribution in [0.1, 0.15) is 82.5 Å². The molecule has 6 aromatic rings. The third-order valence-electron chi connectivity index (χ3n) is 15.0. The van der Waals surface area contributed by atoms with Crippen molar-refractivity contribution in [3.63, 3.8) is 0 Å². The van der Waals surface area contributed by atoms with E-state index in [9.17, 15) is 48.4 Å². The van der Waals surface area contributed by atoms with Gasteiger partial charge in [0, 0.05) is 73.7 Å². The fourth-order valence-corrected chi connectivity index (χ4v) is 10.4. The first-order valence-electron chi connectivity index (χ1n) is 27.6. The van der Waals surface area contributed by atoms with Crippen molar-refractivity contribution < 1.29 is 67.3 Å². The van der Waals surface area contributed by atoms with Crippen LogP contribution in [-0.2, 0) is 19.1 Å². The fourth-order valence-electron chi connectivity index (χ4n) is 9.93. The summed E-state index contributed by atoms with van der Waals surface area (Å²) in [6, 6.07) is 10.9. The highest BCUT2D eigenvalue weighted by Gasteiger charge is 2.50. The number of nitrogen functional groups attached to an aromatic ring is 2. The second-order valence-electron chi connectivity index (χ2n) is 21.3. The molecule has 8 atom stereocenters. The lowest BCUT2D eigenvalue weighted by molar-refractivity contribution is -0.138. The van der Waals surface area contributed by atoms with Crippen LogP contribution in [0.5, 0.6) is 11.5 Å². The van der Waals surface area contributed by atoms with Crippen molar-refractivity contribution in [2.75, 3.05) is 37.6 Å². The summed E-state index contributed by atoms with van der Waals surface area (Å²) < 4.78 is 50.9. The number of amides is 4. The van der Waals surface area contributed by atoms with E-state index in [2.05, 4.69) is 58.3 Å². The summed E-state index contributed by atoms with van der Waals surface area (Å²) >= 11 is 1.91. The minimum atomic E-state index is -1.43. The zero-order valence-electron chi connectivity index (χ0n) is 45.5. The van der Waals surface area contributed by atoms with Crippen molar-refractivity contribution >= 4 is 80.6 Å². The summed E-state index contributed by atoms with van der Waals surface area (Å²) in [5, 5.41) is 47.2. The lowest BCUT2D eigenvalue weighted by Gasteiger charge is -2.30. The maximum atomic E-state index is 13.1. The summed E-state index contributed by atoms with van der Waals surface area (Å²) in [7, 11) is 0. The van der Waals surface area contributed by atoms with Crippen molar-refractivity contribution in [3.8, 4) is 35.7 Å². The Bertz CT molecular complexity index is 3500. The Morgan fingerprint density at radius 3 is 1.48 bits per heavy atom. The molecule has 85 heavy (non-hydrogen) atoms. The molecule has 4 aliphatic heterocycles. The van der Waals surface area contributed by atoms with Gasteiger partial charge in [-0.05, 0) is 118 Å². The first-order valence-corrected chi connectivity index (χ1v) is 28.7. The van der Waals surface area contributed by atoms with E-state index < -0.39 is 72.8 Å². The molecule has 26 nitrogen and oxygen atoms in total. The van der Waals surface area contributed by atoms with Crippen LogP contribution in [0.15, 0.2) is 61.2 Å². The van der Waals surface area contributed by atoms with Gasteiger partial charge in [0.15, 0.2) is 51.4 Å². The number of carbonyl (C=O) groups is 4. The van der Waals surface area contributed by atoms with Crippen LogP contribution in [0.4, 0.5) is 30.0 Å². The van der Waals surface area contributed by atoms with E-state index in [1.807, 2.05) is 22.6 Å². The molecule has 2 saturated carbocycles. The number of terminal acetylenes is 1. The van der Waals surface area contributed by atoms with E-state index in [4.69, 9.17) is 36.8 Å². The molecule has 10 N–H and O–H groups in total. The van der Waals surface area contributed by atoms with Gasteiger partial charge in [0.2, 0.25) is 5.82 Å². The molecule has 8 heterocycles. The Hall–Kier alpha value is -7.91. The molecule has 6 aliphatic rings. The number of halogens is 3. The maximum absolute atomic E-state index is 13.1. The molecule has 29 heteroatoms. The molecule has 0 spiro atoms. The molecule has 4 amide bonds. The number of imidazole rings is 2. The molecule has 0 radical (unpaired) electrons. The van der Waals surface area contributed by atoms with Crippen molar-refractivity contribution in [2.45, 2.75) is 125 Å². The smallest absolute Gasteiger partial charge is 0.410 e. The largest absolute Gasteiger partial charge is 0.415 e. The third-order valence-corrected chi connectivity index (χ3v) is 15.5. The topological polar surface area (TPSA) is 356 Å². The van der Waals surface area contributed by atoms with Gasteiger partial charge in [-0.15, -0.1) is 12.3 Å². The molecule has 4 aromatic heterocycles. The molecule has 2 aliphatic carbocycles. The number of nitrogens with one attached hydrogen (secondary N) is 2. The Morgan fingerprint density at radius 1 is 0.624 bits per heavy atom. The lowest BCUT2D eigenvalue weighted by atomic mass is 9.94. The SMILES string of the molecule is C#CCC1CCN(C(=O)Oc2ccc(F)cc2)CC1.Nc1nc(C#CCC2CCN(C(=O)Oc3ccc(F)cc3)CC2)nc2c1ncn2[C@@H]1O[C@H](C(=O)NC2CC2)C(O)[C@@H]1O.Nc1nc(I)nc2c1ncn2[C@@H]1O[C@H](C(=O)NC2CC2)C(O)[C@@H]1O. The number of nitrogens with two attached hydrogens (primary N) is 2. The van der Waals surface area contributed by atoms with Gasteiger partial charge in [-0.1, -0.05) is 5.92 Å². The van der Waals surface area contributed by atoms with Gasteiger partial charge < -0.3 is 71.3 Å². The number of aliphatic hydroxyl groups excluding tert-OH is 4. The number of hydrogen-bond acceptors (Lipinski definition) is 20. The fraction of sp³-hybridized carbons (Fsp3) is 0.464. The zero-order valence-corrected chi connectivity index (χ0v) is 47.7. The summed E-state index contributed by atoms with van der Waals surface area (Å²) in [6.07, 6.45) is 5.39. The van der Waals surface area contributed by atoms with Gasteiger partial charge in [0.05, 0.1) is 12.7 Å². The van der Waals surface area contributed by atoms with E-state index in [-0.39, 0.29) is 64.3 Å². The Balaban J connectivity index is 0.000000157. The molecule has 2 unspecified atom stereocenters. The number of carbonyl (C=O) groups excluding carboxylic acids is 4. The molecular formula is C56H61F2IN14O12. The van der Waals surface area contributed by atoms with Crippen LogP contribution in [0, 0.1) is 51.5 Å². The van der Waals surface area contributed by atoms with Crippen LogP contribution >= 0.6 is 22.6 Å². The number of anilines is 2. The maximum Gasteiger partial charge on any atom is 0.415 e. The Kier molecular flexibility index (Phi) is 18.8. The average Bonchev–Trinajstić information content (AvgIpc) is 2.29. The third kappa shape index (κ3) is 14.6. The van der Waals surface area contributed by atoms with Gasteiger partial charge in [0.1, 0.15) is 58.6 Å². The first-order chi connectivity index (χ1) is 40.9. The molecular weight excluding hydrogens is 1230 g/mol. The number of nitrogens with zero attached hydrogens (tertiary/aromatic N) is 10. The summed E-state index contributed by atoms with van der Waals surface area (Å²) in [5.41, 5.74) is 13.2. The summed E-state index contributed by atoms with van der Waals surface area (Å²) in [6.45, 7) is 2.34. The number of aromatic nitrogens is 8. The minimum Gasteiger partial charge on any atom is -0.410 e. The zero-order chi connectivity index (χ0) is 60.1. The number of ether oxygens (including phenoxy) is 4. The molecule has 6 fully saturated rings. The van der Waals surface area contributed by atoms with Gasteiger partial charge in [-0.2, -0.15) is 0 Å². The van der Waals surface area contributed by atoms with Gasteiger partial charge in [-0.3, -0.25) is 18.7 Å².